The van der Waals surface area contributed by atoms with Gasteiger partial charge in [-0.25, -0.2) is 4.99 Å². The molecule has 0 spiro atoms. The number of nitrogens with one attached hydrogen (secondary N) is 1. The van der Waals surface area contributed by atoms with E-state index in [9.17, 15) is 0 Å². The van der Waals surface area contributed by atoms with Crippen LogP contribution in [0.5, 0.6) is 0 Å². The lowest BCUT2D eigenvalue weighted by Gasteiger charge is -2.17. The number of fused-ring (bicyclic) bond motifs is 1. The fourth-order valence-electron chi connectivity index (χ4n) is 1.88. The zero-order valence-electron chi connectivity index (χ0n) is 8.85. The maximum Gasteiger partial charge on any atom is 0.0865 e. The van der Waals surface area contributed by atoms with Crippen molar-refractivity contribution in [3.8, 4) is 0 Å². The van der Waals surface area contributed by atoms with Crippen LogP contribution < -0.4 is 5.32 Å². The second kappa shape index (κ2) is 3.81. The molecule has 2 aromatic rings. The number of hydrogen-bond acceptors (Lipinski definition) is 2. The van der Waals surface area contributed by atoms with Crippen LogP contribution in [0, 0.1) is 0 Å². The van der Waals surface area contributed by atoms with Gasteiger partial charge in [-0.2, -0.15) is 0 Å². The van der Waals surface area contributed by atoms with Gasteiger partial charge in [0.2, 0.25) is 0 Å². The van der Waals surface area contributed by atoms with Crippen molar-refractivity contribution in [1.82, 2.24) is 0 Å². The Kier molecular flexibility index (Phi) is 2.18. The molecule has 0 saturated heterocycles. The number of rotatable bonds is 1. The van der Waals surface area contributed by atoms with Crippen molar-refractivity contribution in [3.63, 3.8) is 0 Å². The summed E-state index contributed by atoms with van der Waals surface area (Å²) in [5.41, 5.74) is 4.42. The SMILES string of the molecule is c1ccc(C2=Nc3ccccc3NC2)cc1. The molecule has 0 atom stereocenters. The van der Waals surface area contributed by atoms with Crippen molar-refractivity contribution >= 4 is 17.1 Å². The number of benzene rings is 2. The summed E-state index contributed by atoms with van der Waals surface area (Å²) in [6.07, 6.45) is 0. The van der Waals surface area contributed by atoms with E-state index in [0.29, 0.717) is 0 Å². The van der Waals surface area contributed by atoms with E-state index in [4.69, 9.17) is 0 Å². The molecule has 0 amide bonds. The summed E-state index contributed by atoms with van der Waals surface area (Å²) in [5.74, 6) is 0. The second-order valence-electron chi connectivity index (χ2n) is 3.80. The quantitative estimate of drug-likeness (QED) is 0.764. The summed E-state index contributed by atoms with van der Waals surface area (Å²) in [6, 6.07) is 18.4. The van der Waals surface area contributed by atoms with E-state index in [1.807, 2.05) is 36.4 Å². The van der Waals surface area contributed by atoms with Gasteiger partial charge in [-0.05, 0) is 17.7 Å². The van der Waals surface area contributed by atoms with Crippen molar-refractivity contribution < 1.29 is 0 Å². The molecule has 2 nitrogen and oxygen atoms in total. The number of aliphatic imine (C=N–C) groups is 1. The topological polar surface area (TPSA) is 24.4 Å². The van der Waals surface area contributed by atoms with Crippen molar-refractivity contribution in [1.29, 1.82) is 0 Å². The van der Waals surface area contributed by atoms with E-state index in [1.165, 1.54) is 5.56 Å². The molecule has 78 valence electrons. The fourth-order valence-corrected chi connectivity index (χ4v) is 1.88. The van der Waals surface area contributed by atoms with Crippen molar-refractivity contribution in [3.05, 3.63) is 60.2 Å². The second-order valence-corrected chi connectivity index (χ2v) is 3.80. The molecular weight excluding hydrogens is 196 g/mol. The highest BCUT2D eigenvalue weighted by Gasteiger charge is 2.11. The molecule has 16 heavy (non-hydrogen) atoms. The third kappa shape index (κ3) is 1.58. The highest BCUT2D eigenvalue weighted by molar-refractivity contribution is 6.07. The molecule has 2 heteroatoms. The Morgan fingerprint density at radius 3 is 2.50 bits per heavy atom. The van der Waals surface area contributed by atoms with Crippen LogP contribution in [-0.2, 0) is 0 Å². The molecular formula is C14H12N2. The summed E-state index contributed by atoms with van der Waals surface area (Å²) in [6.45, 7) is 0.793. The Morgan fingerprint density at radius 2 is 1.62 bits per heavy atom. The van der Waals surface area contributed by atoms with Gasteiger partial charge in [-0.15, -0.1) is 0 Å². The lowest BCUT2D eigenvalue weighted by atomic mass is 10.1. The fraction of sp³-hybridized carbons (Fsp3) is 0.0714. The standard InChI is InChI=1S/C14H12N2/c1-2-6-11(7-3-1)14-10-15-12-8-4-5-9-13(12)16-14/h1-9,15H,10H2. The Morgan fingerprint density at radius 1 is 0.875 bits per heavy atom. The Labute approximate surface area is 94.7 Å². The first-order chi connectivity index (χ1) is 7.93. The van der Waals surface area contributed by atoms with E-state index in [1.54, 1.807) is 0 Å². The summed E-state index contributed by atoms with van der Waals surface area (Å²) in [4.78, 5) is 4.67. The average molecular weight is 208 g/mol. The van der Waals surface area contributed by atoms with Crippen LogP contribution in [-0.4, -0.2) is 12.3 Å². The van der Waals surface area contributed by atoms with Crippen LogP contribution in [0.15, 0.2) is 59.6 Å². The molecule has 1 heterocycles. The predicted molar refractivity (Wildman–Crippen MR) is 67.6 cm³/mol. The first-order valence-corrected chi connectivity index (χ1v) is 5.39. The first-order valence-electron chi connectivity index (χ1n) is 5.39. The van der Waals surface area contributed by atoms with Gasteiger partial charge in [0, 0.05) is 0 Å². The van der Waals surface area contributed by atoms with Crippen LogP contribution in [0.2, 0.25) is 0 Å². The maximum absolute atomic E-state index is 4.67. The number of anilines is 1. The monoisotopic (exact) mass is 208 g/mol. The molecule has 0 aliphatic carbocycles. The summed E-state index contributed by atoms with van der Waals surface area (Å²) in [5, 5.41) is 3.38. The molecule has 0 fully saturated rings. The lowest BCUT2D eigenvalue weighted by Crippen LogP contribution is -2.18. The van der Waals surface area contributed by atoms with Gasteiger partial charge in [-0.1, -0.05) is 42.5 Å². The summed E-state index contributed by atoms with van der Waals surface area (Å²) < 4.78 is 0. The van der Waals surface area contributed by atoms with Crippen molar-refractivity contribution in [2.24, 2.45) is 4.99 Å². The number of hydrogen-bond donors (Lipinski definition) is 1. The van der Waals surface area contributed by atoms with E-state index in [0.717, 1.165) is 23.6 Å². The van der Waals surface area contributed by atoms with Gasteiger partial charge in [0.15, 0.2) is 0 Å². The minimum absolute atomic E-state index is 0.793. The average Bonchev–Trinajstić information content (AvgIpc) is 2.39. The van der Waals surface area contributed by atoms with Crippen LogP contribution in [0.1, 0.15) is 5.56 Å². The Balaban J connectivity index is 2.04. The van der Waals surface area contributed by atoms with Crippen molar-refractivity contribution in [2.75, 3.05) is 11.9 Å². The minimum atomic E-state index is 0.793. The van der Waals surface area contributed by atoms with Gasteiger partial charge in [0.05, 0.1) is 23.6 Å². The highest BCUT2D eigenvalue weighted by atomic mass is 15.0. The molecule has 1 aliphatic heterocycles. The molecule has 0 unspecified atom stereocenters. The number of nitrogens with zero attached hydrogens (tertiary/aromatic N) is 1. The van der Waals surface area contributed by atoms with E-state index in [-0.39, 0.29) is 0 Å². The van der Waals surface area contributed by atoms with E-state index < -0.39 is 0 Å². The smallest absolute Gasteiger partial charge is 0.0865 e. The predicted octanol–water partition coefficient (Wildman–Crippen LogP) is 3.23. The molecule has 1 N–H and O–H groups in total. The van der Waals surface area contributed by atoms with Crippen LogP contribution in [0.25, 0.3) is 0 Å². The zero-order valence-corrected chi connectivity index (χ0v) is 8.85. The van der Waals surface area contributed by atoms with Crippen molar-refractivity contribution in [2.45, 2.75) is 0 Å². The highest BCUT2D eigenvalue weighted by Crippen LogP contribution is 2.28. The van der Waals surface area contributed by atoms with Gasteiger partial charge in [0.1, 0.15) is 0 Å². The molecule has 0 bridgehead atoms. The third-order valence-electron chi connectivity index (χ3n) is 2.71. The van der Waals surface area contributed by atoms with Crippen LogP contribution in [0.3, 0.4) is 0 Å². The van der Waals surface area contributed by atoms with Crippen LogP contribution in [0.4, 0.5) is 11.4 Å². The van der Waals surface area contributed by atoms with Gasteiger partial charge >= 0.3 is 0 Å². The third-order valence-corrected chi connectivity index (χ3v) is 2.71. The largest absolute Gasteiger partial charge is 0.378 e. The molecule has 0 radical (unpaired) electrons. The molecule has 3 rings (SSSR count). The molecule has 2 aromatic carbocycles. The zero-order chi connectivity index (χ0) is 10.8. The first kappa shape index (κ1) is 9.16. The van der Waals surface area contributed by atoms with Gasteiger partial charge < -0.3 is 5.32 Å². The molecule has 1 aliphatic rings. The Hall–Kier alpha value is -2.09. The summed E-state index contributed by atoms with van der Waals surface area (Å²) in [7, 11) is 0. The van der Waals surface area contributed by atoms with Gasteiger partial charge in [-0.3, -0.25) is 0 Å². The molecule has 0 aromatic heterocycles. The lowest BCUT2D eigenvalue weighted by molar-refractivity contribution is 1.29. The molecule has 0 saturated carbocycles. The van der Waals surface area contributed by atoms with Gasteiger partial charge in [0.25, 0.3) is 0 Å². The summed E-state index contributed by atoms with van der Waals surface area (Å²) >= 11 is 0. The number of para-hydroxylation sites is 2. The Bertz CT molecular complexity index is 529. The minimum Gasteiger partial charge on any atom is -0.378 e. The van der Waals surface area contributed by atoms with E-state index >= 15 is 0 Å². The van der Waals surface area contributed by atoms with Crippen LogP contribution >= 0.6 is 0 Å². The maximum atomic E-state index is 4.67. The van der Waals surface area contributed by atoms with E-state index in [2.05, 4.69) is 28.5 Å². The normalized spacial score (nSPS) is 13.6.